The second-order valence-corrected chi connectivity index (χ2v) is 6.01. The molecule has 3 rings (SSSR count). The van der Waals surface area contributed by atoms with E-state index in [0.29, 0.717) is 0 Å². The van der Waals surface area contributed by atoms with Gasteiger partial charge in [0.05, 0.1) is 0 Å². The molecule has 1 fully saturated rings. The minimum Gasteiger partial charge on any atom is -0.362 e. The molecular weight excluding hydrogens is 220 g/mol. The largest absolute Gasteiger partial charge is 0.362 e. The zero-order chi connectivity index (χ0) is 12.7. The topological polar surface area (TPSA) is 19.0 Å². The monoisotopic (exact) mass is 244 g/mol. The molecule has 2 aliphatic rings. The Morgan fingerprint density at radius 2 is 2.33 bits per heavy atom. The average Bonchev–Trinajstić information content (AvgIpc) is 2.73. The predicted molar refractivity (Wildman–Crippen MR) is 76.6 cm³/mol. The highest BCUT2D eigenvalue weighted by Gasteiger charge is 2.29. The van der Waals surface area contributed by atoms with Crippen molar-refractivity contribution in [3.05, 3.63) is 28.6 Å². The summed E-state index contributed by atoms with van der Waals surface area (Å²) >= 11 is 0. The van der Waals surface area contributed by atoms with Crippen LogP contribution >= 0.6 is 0 Å². The van der Waals surface area contributed by atoms with Gasteiger partial charge in [0.1, 0.15) is 0 Å². The summed E-state index contributed by atoms with van der Waals surface area (Å²) in [7, 11) is 0. The zero-order valence-corrected chi connectivity index (χ0v) is 11.8. The Balaban J connectivity index is 1.80. The molecule has 0 amide bonds. The van der Waals surface area contributed by atoms with Crippen molar-refractivity contribution in [3.8, 4) is 0 Å². The minimum absolute atomic E-state index is 0.735. The Bertz CT molecular complexity index is 469. The Labute approximate surface area is 110 Å². The van der Waals surface area contributed by atoms with Gasteiger partial charge >= 0.3 is 0 Å². The van der Waals surface area contributed by atoms with E-state index in [1.165, 1.54) is 49.3 Å². The van der Waals surface area contributed by atoms with Gasteiger partial charge in [-0.15, -0.1) is 0 Å². The van der Waals surface area contributed by atoms with Crippen molar-refractivity contribution in [2.75, 3.05) is 13.1 Å². The van der Waals surface area contributed by atoms with Gasteiger partial charge in [0.2, 0.25) is 0 Å². The Kier molecular flexibility index (Phi) is 3.06. The van der Waals surface area contributed by atoms with Crippen molar-refractivity contribution in [2.45, 2.75) is 46.1 Å². The number of fused-ring (bicyclic) bond motifs is 2. The van der Waals surface area contributed by atoms with Gasteiger partial charge in [0.25, 0.3) is 0 Å². The molecule has 1 aromatic heterocycles. The van der Waals surface area contributed by atoms with E-state index in [2.05, 4.69) is 42.8 Å². The predicted octanol–water partition coefficient (Wildman–Crippen LogP) is 3.38. The molecule has 1 aliphatic heterocycles. The standard InChI is InChI=1S/C16H24N2/c1-4-12(3)18-6-5-13-8-14-7-11(2)17-16(14)9-15(13)10-18/h7-8,12,15,17H,4-6,9-10H2,1-3H3. The van der Waals surface area contributed by atoms with Crippen molar-refractivity contribution in [3.63, 3.8) is 0 Å². The number of hydrogen-bond acceptors (Lipinski definition) is 1. The van der Waals surface area contributed by atoms with Crippen LogP contribution in [0.5, 0.6) is 0 Å². The van der Waals surface area contributed by atoms with Crippen LogP contribution in [0.2, 0.25) is 0 Å². The quantitative estimate of drug-likeness (QED) is 0.845. The van der Waals surface area contributed by atoms with Gasteiger partial charge in [-0.1, -0.05) is 18.6 Å². The molecule has 2 unspecified atom stereocenters. The second kappa shape index (κ2) is 4.58. The van der Waals surface area contributed by atoms with E-state index in [9.17, 15) is 0 Å². The van der Waals surface area contributed by atoms with Gasteiger partial charge in [0.15, 0.2) is 0 Å². The highest BCUT2D eigenvalue weighted by atomic mass is 15.2. The Morgan fingerprint density at radius 3 is 3.11 bits per heavy atom. The molecule has 0 aromatic carbocycles. The molecule has 0 bridgehead atoms. The molecule has 2 heteroatoms. The van der Waals surface area contributed by atoms with Crippen molar-refractivity contribution in [1.29, 1.82) is 0 Å². The second-order valence-electron chi connectivity index (χ2n) is 6.01. The van der Waals surface area contributed by atoms with E-state index in [4.69, 9.17) is 0 Å². The summed E-state index contributed by atoms with van der Waals surface area (Å²) < 4.78 is 0. The molecule has 0 radical (unpaired) electrons. The maximum Gasteiger partial charge on any atom is 0.0229 e. The number of likely N-dealkylation sites (tertiary alicyclic amines) is 1. The summed E-state index contributed by atoms with van der Waals surface area (Å²) in [6.45, 7) is 9.31. The summed E-state index contributed by atoms with van der Waals surface area (Å²) in [5.41, 5.74) is 5.87. The highest BCUT2D eigenvalue weighted by molar-refractivity contribution is 5.60. The third kappa shape index (κ3) is 2.03. The SMILES string of the molecule is CCC(C)N1CCC2=Cc3cc(C)[nH]c3CC2C1. The number of rotatable bonds is 2. The van der Waals surface area contributed by atoms with E-state index in [1.54, 1.807) is 5.57 Å². The van der Waals surface area contributed by atoms with Crippen LogP contribution in [0, 0.1) is 12.8 Å². The maximum absolute atomic E-state index is 3.52. The maximum atomic E-state index is 3.52. The molecule has 1 aromatic rings. The summed E-state index contributed by atoms with van der Waals surface area (Å²) in [4.78, 5) is 6.19. The molecular formula is C16H24N2. The third-order valence-corrected chi connectivity index (χ3v) is 4.74. The lowest BCUT2D eigenvalue weighted by atomic mass is 9.82. The van der Waals surface area contributed by atoms with Gasteiger partial charge in [-0.3, -0.25) is 4.90 Å². The fourth-order valence-corrected chi connectivity index (χ4v) is 3.42. The molecule has 1 N–H and O–H groups in total. The van der Waals surface area contributed by atoms with Crippen LogP contribution in [-0.4, -0.2) is 29.0 Å². The zero-order valence-electron chi connectivity index (χ0n) is 11.8. The summed E-state index contributed by atoms with van der Waals surface area (Å²) in [5, 5.41) is 0. The van der Waals surface area contributed by atoms with E-state index < -0.39 is 0 Å². The molecule has 98 valence electrons. The van der Waals surface area contributed by atoms with Crippen LogP contribution in [0.4, 0.5) is 0 Å². The fourth-order valence-electron chi connectivity index (χ4n) is 3.42. The van der Waals surface area contributed by atoms with Gasteiger partial charge in [-0.05, 0) is 50.7 Å². The van der Waals surface area contributed by atoms with Crippen LogP contribution in [0.15, 0.2) is 11.6 Å². The molecule has 1 aliphatic carbocycles. The van der Waals surface area contributed by atoms with E-state index in [-0.39, 0.29) is 0 Å². The number of hydrogen-bond donors (Lipinski definition) is 1. The van der Waals surface area contributed by atoms with Crippen LogP contribution in [-0.2, 0) is 6.42 Å². The normalized spacial score (nSPS) is 25.3. The van der Waals surface area contributed by atoms with Crippen molar-refractivity contribution in [2.24, 2.45) is 5.92 Å². The molecule has 18 heavy (non-hydrogen) atoms. The van der Waals surface area contributed by atoms with E-state index >= 15 is 0 Å². The first-order valence-electron chi connectivity index (χ1n) is 7.30. The number of aryl methyl sites for hydroxylation is 1. The van der Waals surface area contributed by atoms with Gasteiger partial charge in [-0.25, -0.2) is 0 Å². The lowest BCUT2D eigenvalue weighted by molar-refractivity contribution is 0.158. The number of nitrogens with one attached hydrogen (secondary N) is 1. The van der Waals surface area contributed by atoms with E-state index in [0.717, 1.165) is 12.0 Å². The number of aromatic nitrogens is 1. The lowest BCUT2D eigenvalue weighted by Gasteiger charge is -2.39. The summed E-state index contributed by atoms with van der Waals surface area (Å²) in [6, 6.07) is 3.03. The number of piperidine rings is 1. The van der Waals surface area contributed by atoms with Crippen LogP contribution in [0.25, 0.3) is 6.08 Å². The first kappa shape index (κ1) is 12.0. The summed E-state index contributed by atoms with van der Waals surface area (Å²) in [5.74, 6) is 0.748. The summed E-state index contributed by atoms with van der Waals surface area (Å²) in [6.07, 6.45) is 6.18. The van der Waals surface area contributed by atoms with Crippen molar-refractivity contribution >= 4 is 6.08 Å². The number of nitrogens with zero attached hydrogens (tertiary/aromatic N) is 1. The Morgan fingerprint density at radius 1 is 1.50 bits per heavy atom. The number of H-pyrrole nitrogens is 1. The lowest BCUT2D eigenvalue weighted by Crippen LogP contribution is -2.43. The molecule has 0 saturated carbocycles. The molecule has 2 nitrogen and oxygen atoms in total. The average molecular weight is 244 g/mol. The minimum atomic E-state index is 0.735. The van der Waals surface area contributed by atoms with Gasteiger partial charge in [0, 0.05) is 30.5 Å². The van der Waals surface area contributed by atoms with Crippen molar-refractivity contribution < 1.29 is 0 Å². The third-order valence-electron chi connectivity index (χ3n) is 4.74. The smallest absolute Gasteiger partial charge is 0.0229 e. The molecule has 1 saturated heterocycles. The fraction of sp³-hybridized carbons (Fsp3) is 0.625. The molecule has 2 heterocycles. The highest BCUT2D eigenvalue weighted by Crippen LogP contribution is 2.34. The molecule has 2 atom stereocenters. The first-order valence-corrected chi connectivity index (χ1v) is 7.30. The molecule has 0 spiro atoms. The number of aromatic amines is 1. The van der Waals surface area contributed by atoms with Crippen LogP contribution in [0.1, 0.15) is 43.6 Å². The Hall–Kier alpha value is -1.02. The van der Waals surface area contributed by atoms with Gasteiger partial charge in [-0.2, -0.15) is 0 Å². The van der Waals surface area contributed by atoms with Crippen LogP contribution in [0.3, 0.4) is 0 Å². The van der Waals surface area contributed by atoms with E-state index in [1.807, 2.05) is 0 Å². The van der Waals surface area contributed by atoms with Gasteiger partial charge < -0.3 is 4.98 Å². The first-order chi connectivity index (χ1) is 8.67. The van der Waals surface area contributed by atoms with Crippen LogP contribution < -0.4 is 0 Å². The van der Waals surface area contributed by atoms with Crippen molar-refractivity contribution in [1.82, 2.24) is 9.88 Å².